The third-order valence-electron chi connectivity index (χ3n) is 3.37. The maximum absolute atomic E-state index is 5.77. The number of piperazine rings is 1. The van der Waals surface area contributed by atoms with E-state index < -0.39 is 0 Å². The first-order chi connectivity index (χ1) is 8.86. The van der Waals surface area contributed by atoms with E-state index in [0.29, 0.717) is 0 Å². The summed E-state index contributed by atoms with van der Waals surface area (Å²) in [6.07, 6.45) is 0. The van der Waals surface area contributed by atoms with Crippen molar-refractivity contribution in [1.29, 1.82) is 0 Å². The molecule has 1 aliphatic rings. The fraction of sp³-hybridized carbons (Fsp3) is 0.462. The van der Waals surface area contributed by atoms with Gasteiger partial charge in [-0.05, 0) is 12.1 Å². The number of hydrogen-bond acceptors (Lipinski definition) is 5. The number of nitrogens with zero attached hydrogens (tertiary/aromatic N) is 3. The number of rotatable bonds is 3. The molecule has 0 saturated carbocycles. The lowest BCUT2D eigenvalue weighted by Gasteiger charge is -2.33. The molecule has 0 bridgehead atoms. The van der Waals surface area contributed by atoms with Crippen LogP contribution in [0.1, 0.15) is 0 Å². The standard InChI is InChI=1S/C13H18N4O.ClH/c14-5-6-16-7-9-17(10-8-16)13-15-11-3-1-2-4-12(11)18-13;/h1-4H,5-10,14H2;1H. The lowest BCUT2D eigenvalue weighted by molar-refractivity contribution is 0.260. The first-order valence-corrected chi connectivity index (χ1v) is 6.40. The average Bonchev–Trinajstić information content (AvgIpc) is 2.84. The molecule has 2 aromatic rings. The van der Waals surface area contributed by atoms with E-state index in [9.17, 15) is 0 Å². The van der Waals surface area contributed by atoms with E-state index in [0.717, 1.165) is 56.4 Å². The van der Waals surface area contributed by atoms with Crippen LogP contribution in [0.15, 0.2) is 28.7 Å². The van der Waals surface area contributed by atoms with Gasteiger partial charge in [0, 0.05) is 39.3 Å². The molecule has 2 heterocycles. The topological polar surface area (TPSA) is 58.5 Å². The minimum atomic E-state index is 0. The molecular formula is C13H19ClN4O. The van der Waals surface area contributed by atoms with E-state index in [2.05, 4.69) is 14.8 Å². The number of benzene rings is 1. The van der Waals surface area contributed by atoms with Gasteiger partial charge in [-0.25, -0.2) is 0 Å². The van der Waals surface area contributed by atoms with E-state index in [1.165, 1.54) is 0 Å². The van der Waals surface area contributed by atoms with Crippen LogP contribution in [0.4, 0.5) is 6.01 Å². The number of oxazole rings is 1. The van der Waals surface area contributed by atoms with Crippen LogP contribution in [-0.2, 0) is 0 Å². The fourth-order valence-electron chi connectivity index (χ4n) is 2.34. The number of nitrogens with two attached hydrogens (primary N) is 1. The van der Waals surface area contributed by atoms with Crippen LogP contribution in [0.5, 0.6) is 0 Å². The number of fused-ring (bicyclic) bond motifs is 1. The molecule has 1 aromatic heterocycles. The van der Waals surface area contributed by atoms with Crippen molar-refractivity contribution >= 4 is 29.5 Å². The molecule has 19 heavy (non-hydrogen) atoms. The molecule has 0 radical (unpaired) electrons. The first-order valence-electron chi connectivity index (χ1n) is 6.40. The second-order valence-corrected chi connectivity index (χ2v) is 4.58. The van der Waals surface area contributed by atoms with Gasteiger partial charge in [0.2, 0.25) is 0 Å². The van der Waals surface area contributed by atoms with Gasteiger partial charge in [-0.2, -0.15) is 4.98 Å². The number of halogens is 1. The Balaban J connectivity index is 0.00000133. The predicted molar refractivity (Wildman–Crippen MR) is 79.0 cm³/mol. The van der Waals surface area contributed by atoms with Gasteiger partial charge >= 0.3 is 0 Å². The van der Waals surface area contributed by atoms with E-state index >= 15 is 0 Å². The quantitative estimate of drug-likeness (QED) is 0.920. The molecule has 0 amide bonds. The SMILES string of the molecule is Cl.NCCN1CCN(c2nc3ccccc3o2)CC1. The Labute approximate surface area is 118 Å². The third-order valence-corrected chi connectivity index (χ3v) is 3.37. The van der Waals surface area contributed by atoms with Crippen LogP contribution in [0.3, 0.4) is 0 Å². The zero-order chi connectivity index (χ0) is 12.4. The zero-order valence-electron chi connectivity index (χ0n) is 10.8. The maximum atomic E-state index is 5.77. The highest BCUT2D eigenvalue weighted by Gasteiger charge is 2.20. The average molecular weight is 283 g/mol. The third kappa shape index (κ3) is 3.00. The summed E-state index contributed by atoms with van der Waals surface area (Å²) in [6.45, 7) is 5.65. The molecular weight excluding hydrogens is 264 g/mol. The Morgan fingerprint density at radius 3 is 2.58 bits per heavy atom. The van der Waals surface area contributed by atoms with Crippen molar-refractivity contribution in [2.24, 2.45) is 5.73 Å². The molecule has 104 valence electrons. The van der Waals surface area contributed by atoms with Crippen molar-refractivity contribution < 1.29 is 4.42 Å². The van der Waals surface area contributed by atoms with E-state index in [1.54, 1.807) is 0 Å². The number of aromatic nitrogens is 1. The molecule has 2 N–H and O–H groups in total. The van der Waals surface area contributed by atoms with Crippen molar-refractivity contribution in [3.8, 4) is 0 Å². The number of para-hydroxylation sites is 2. The summed E-state index contributed by atoms with van der Waals surface area (Å²) in [5.41, 5.74) is 7.36. The smallest absolute Gasteiger partial charge is 0.298 e. The van der Waals surface area contributed by atoms with Crippen LogP contribution >= 0.6 is 12.4 Å². The van der Waals surface area contributed by atoms with Crippen molar-refractivity contribution in [2.45, 2.75) is 0 Å². The van der Waals surface area contributed by atoms with Crippen LogP contribution in [0, 0.1) is 0 Å². The lowest BCUT2D eigenvalue weighted by Crippen LogP contribution is -2.47. The normalized spacial score (nSPS) is 16.6. The second kappa shape index (κ2) is 6.23. The maximum Gasteiger partial charge on any atom is 0.298 e. The van der Waals surface area contributed by atoms with Gasteiger partial charge in [0.05, 0.1) is 0 Å². The van der Waals surface area contributed by atoms with Crippen LogP contribution in [-0.4, -0.2) is 49.2 Å². The molecule has 0 spiro atoms. The Morgan fingerprint density at radius 1 is 1.16 bits per heavy atom. The Hall–Kier alpha value is -1.30. The summed E-state index contributed by atoms with van der Waals surface area (Å²) >= 11 is 0. The Bertz CT molecular complexity index is 489. The van der Waals surface area contributed by atoms with Gasteiger partial charge in [-0.3, -0.25) is 4.90 Å². The Kier molecular flexibility index (Phi) is 4.63. The molecule has 1 fully saturated rings. The van der Waals surface area contributed by atoms with E-state index in [-0.39, 0.29) is 12.4 Å². The lowest BCUT2D eigenvalue weighted by atomic mass is 10.3. The van der Waals surface area contributed by atoms with Gasteiger partial charge in [-0.15, -0.1) is 12.4 Å². The summed E-state index contributed by atoms with van der Waals surface area (Å²) in [4.78, 5) is 9.10. The van der Waals surface area contributed by atoms with Crippen molar-refractivity contribution in [3.05, 3.63) is 24.3 Å². The van der Waals surface area contributed by atoms with Gasteiger partial charge in [0.25, 0.3) is 6.01 Å². The summed E-state index contributed by atoms with van der Waals surface area (Å²) in [6, 6.07) is 8.62. The minimum absolute atomic E-state index is 0. The molecule has 0 atom stereocenters. The summed E-state index contributed by atoms with van der Waals surface area (Å²) in [5.74, 6) is 0. The van der Waals surface area contributed by atoms with Gasteiger partial charge < -0.3 is 15.1 Å². The first kappa shape index (κ1) is 14.1. The molecule has 1 aromatic carbocycles. The monoisotopic (exact) mass is 282 g/mol. The zero-order valence-corrected chi connectivity index (χ0v) is 11.6. The van der Waals surface area contributed by atoms with Gasteiger partial charge in [0.15, 0.2) is 5.58 Å². The highest BCUT2D eigenvalue weighted by molar-refractivity contribution is 5.85. The molecule has 0 aliphatic carbocycles. The van der Waals surface area contributed by atoms with Gasteiger partial charge in [0.1, 0.15) is 5.52 Å². The summed E-state index contributed by atoms with van der Waals surface area (Å²) in [5, 5.41) is 0. The molecule has 1 saturated heterocycles. The molecule has 6 heteroatoms. The van der Waals surface area contributed by atoms with Crippen LogP contribution in [0.2, 0.25) is 0 Å². The fourth-order valence-corrected chi connectivity index (χ4v) is 2.34. The second-order valence-electron chi connectivity index (χ2n) is 4.58. The predicted octanol–water partition coefficient (Wildman–Crippen LogP) is 1.33. The number of anilines is 1. The van der Waals surface area contributed by atoms with E-state index in [1.807, 2.05) is 24.3 Å². The van der Waals surface area contributed by atoms with Crippen LogP contribution < -0.4 is 10.6 Å². The summed E-state index contributed by atoms with van der Waals surface area (Å²) in [7, 11) is 0. The molecule has 0 unspecified atom stereocenters. The van der Waals surface area contributed by atoms with Crippen molar-refractivity contribution in [2.75, 3.05) is 44.2 Å². The largest absolute Gasteiger partial charge is 0.423 e. The molecule has 3 rings (SSSR count). The highest BCUT2D eigenvalue weighted by Crippen LogP contribution is 2.22. The summed E-state index contributed by atoms with van der Waals surface area (Å²) < 4.78 is 5.77. The number of hydrogen-bond donors (Lipinski definition) is 1. The van der Waals surface area contributed by atoms with Gasteiger partial charge in [-0.1, -0.05) is 12.1 Å². The van der Waals surface area contributed by atoms with Crippen LogP contribution in [0.25, 0.3) is 11.1 Å². The molecule has 5 nitrogen and oxygen atoms in total. The Morgan fingerprint density at radius 2 is 1.89 bits per heavy atom. The highest BCUT2D eigenvalue weighted by atomic mass is 35.5. The van der Waals surface area contributed by atoms with Crippen molar-refractivity contribution in [1.82, 2.24) is 9.88 Å². The van der Waals surface area contributed by atoms with E-state index in [4.69, 9.17) is 10.2 Å². The minimum Gasteiger partial charge on any atom is -0.423 e. The van der Waals surface area contributed by atoms with Crippen molar-refractivity contribution in [3.63, 3.8) is 0 Å². The molecule has 1 aliphatic heterocycles.